The molecule has 0 aliphatic rings. The van der Waals surface area contributed by atoms with Gasteiger partial charge in [0, 0.05) is 18.9 Å². The third-order valence-electron chi connectivity index (χ3n) is 0.999. The summed E-state index contributed by atoms with van der Waals surface area (Å²) in [6.45, 7) is 2.91. The van der Waals surface area contributed by atoms with Crippen LogP contribution in [0, 0.1) is 0 Å². The maximum atomic E-state index is 10.8. The Morgan fingerprint density at radius 1 is 1.70 bits per heavy atom. The van der Waals surface area contributed by atoms with Crippen LogP contribution in [0.3, 0.4) is 0 Å². The van der Waals surface area contributed by atoms with Crippen LogP contribution in [-0.2, 0) is 4.74 Å². The van der Waals surface area contributed by atoms with E-state index in [4.69, 9.17) is 4.74 Å². The molecule has 0 aromatic rings. The van der Waals surface area contributed by atoms with E-state index < -0.39 is 0 Å². The quantitative estimate of drug-likeness (QED) is 0.660. The minimum Gasteiger partial charge on any atom is -0.450 e. The maximum absolute atomic E-state index is 10.8. The number of halogens is 1. The molecular weight excluding hydrogens is 198 g/mol. The van der Waals surface area contributed by atoms with Crippen molar-refractivity contribution >= 4 is 22.0 Å². The highest BCUT2D eigenvalue weighted by Gasteiger charge is 2.06. The Morgan fingerprint density at radius 3 is 2.70 bits per heavy atom. The molecule has 0 heterocycles. The molecule has 0 fully saturated rings. The number of amides is 1. The van der Waals surface area contributed by atoms with Crippen molar-refractivity contribution in [2.75, 3.05) is 25.5 Å². The van der Waals surface area contributed by atoms with Crippen LogP contribution in [-0.4, -0.2) is 36.5 Å². The first-order valence-electron chi connectivity index (χ1n) is 3.16. The highest BCUT2D eigenvalue weighted by molar-refractivity contribution is 9.09. The number of hydrogen-bond donors (Lipinski definition) is 0. The second-order valence-electron chi connectivity index (χ2n) is 1.81. The first-order chi connectivity index (χ1) is 4.72. The van der Waals surface area contributed by atoms with Gasteiger partial charge in [-0.3, -0.25) is 0 Å². The predicted molar refractivity (Wildman–Crippen MR) is 43.4 cm³/mol. The molecule has 0 radical (unpaired) electrons. The van der Waals surface area contributed by atoms with E-state index in [1.807, 2.05) is 0 Å². The number of nitrogens with zero attached hydrogens (tertiary/aromatic N) is 1. The molecule has 0 bridgehead atoms. The lowest BCUT2D eigenvalue weighted by Crippen LogP contribution is -2.28. The highest BCUT2D eigenvalue weighted by Crippen LogP contribution is 1.91. The Kier molecular flexibility index (Phi) is 5.39. The Bertz CT molecular complexity index is 108. The van der Waals surface area contributed by atoms with Gasteiger partial charge in [0.2, 0.25) is 0 Å². The molecule has 0 aromatic heterocycles. The third-order valence-corrected chi connectivity index (χ3v) is 1.35. The van der Waals surface area contributed by atoms with E-state index in [2.05, 4.69) is 15.9 Å². The topological polar surface area (TPSA) is 29.5 Å². The molecule has 60 valence electrons. The molecule has 0 atom stereocenters. The predicted octanol–water partition coefficient (Wildman–Crippen LogP) is 1.47. The highest BCUT2D eigenvalue weighted by atomic mass is 79.9. The van der Waals surface area contributed by atoms with Crippen LogP contribution in [0.2, 0.25) is 0 Å². The van der Waals surface area contributed by atoms with E-state index in [1.54, 1.807) is 14.0 Å². The molecule has 3 nitrogen and oxygen atoms in total. The van der Waals surface area contributed by atoms with Gasteiger partial charge in [-0.25, -0.2) is 4.79 Å². The van der Waals surface area contributed by atoms with E-state index in [0.29, 0.717) is 13.2 Å². The fourth-order valence-corrected chi connectivity index (χ4v) is 0.984. The van der Waals surface area contributed by atoms with Crippen molar-refractivity contribution < 1.29 is 9.53 Å². The zero-order chi connectivity index (χ0) is 7.98. The van der Waals surface area contributed by atoms with Gasteiger partial charge < -0.3 is 9.64 Å². The van der Waals surface area contributed by atoms with Crippen molar-refractivity contribution in [1.29, 1.82) is 0 Å². The second kappa shape index (κ2) is 5.53. The van der Waals surface area contributed by atoms with Crippen molar-refractivity contribution in [3.8, 4) is 0 Å². The summed E-state index contributed by atoms with van der Waals surface area (Å²) >= 11 is 3.22. The molecule has 0 saturated heterocycles. The van der Waals surface area contributed by atoms with Gasteiger partial charge >= 0.3 is 6.09 Å². The fraction of sp³-hybridized carbons (Fsp3) is 0.833. The third kappa shape index (κ3) is 3.71. The van der Waals surface area contributed by atoms with Gasteiger partial charge in [-0.15, -0.1) is 0 Å². The SMILES string of the molecule is CCOC(=O)N(C)CCBr. The lowest BCUT2D eigenvalue weighted by Gasteiger charge is -2.13. The van der Waals surface area contributed by atoms with Gasteiger partial charge in [0.05, 0.1) is 6.61 Å². The number of hydrogen-bond acceptors (Lipinski definition) is 2. The summed E-state index contributed by atoms with van der Waals surface area (Å²) in [5.74, 6) is 0. The lowest BCUT2D eigenvalue weighted by molar-refractivity contribution is 0.118. The van der Waals surface area contributed by atoms with Gasteiger partial charge in [0.25, 0.3) is 0 Å². The van der Waals surface area contributed by atoms with Crippen LogP contribution in [0.4, 0.5) is 4.79 Å². The van der Waals surface area contributed by atoms with E-state index in [1.165, 1.54) is 4.90 Å². The molecular formula is C6H12BrNO2. The van der Waals surface area contributed by atoms with Crippen molar-refractivity contribution in [3.05, 3.63) is 0 Å². The summed E-state index contributed by atoms with van der Waals surface area (Å²) < 4.78 is 4.72. The van der Waals surface area contributed by atoms with E-state index in [-0.39, 0.29) is 6.09 Å². The minimum atomic E-state index is -0.262. The van der Waals surface area contributed by atoms with Crippen LogP contribution in [0.1, 0.15) is 6.92 Å². The molecule has 0 rings (SSSR count). The molecule has 0 aliphatic heterocycles. The van der Waals surface area contributed by atoms with Crippen molar-refractivity contribution in [3.63, 3.8) is 0 Å². The maximum Gasteiger partial charge on any atom is 0.409 e. The van der Waals surface area contributed by atoms with E-state index in [9.17, 15) is 4.79 Å². The molecule has 0 aromatic carbocycles. The number of rotatable bonds is 3. The molecule has 0 unspecified atom stereocenters. The van der Waals surface area contributed by atoms with Gasteiger partial charge in [-0.1, -0.05) is 15.9 Å². The van der Waals surface area contributed by atoms with Crippen molar-refractivity contribution in [1.82, 2.24) is 4.90 Å². The number of ether oxygens (including phenoxy) is 1. The molecule has 1 amide bonds. The Morgan fingerprint density at radius 2 is 2.30 bits per heavy atom. The Balaban J connectivity index is 3.49. The van der Waals surface area contributed by atoms with E-state index >= 15 is 0 Å². The van der Waals surface area contributed by atoms with Gasteiger partial charge in [0.1, 0.15) is 0 Å². The zero-order valence-corrected chi connectivity index (χ0v) is 7.85. The van der Waals surface area contributed by atoms with Crippen LogP contribution < -0.4 is 0 Å². The summed E-state index contributed by atoms with van der Waals surface area (Å²) in [4.78, 5) is 12.3. The molecule has 10 heavy (non-hydrogen) atoms. The van der Waals surface area contributed by atoms with Crippen LogP contribution >= 0.6 is 15.9 Å². The summed E-state index contributed by atoms with van der Waals surface area (Å²) in [6, 6.07) is 0. The fourth-order valence-electron chi connectivity index (χ4n) is 0.452. The van der Waals surface area contributed by atoms with Gasteiger partial charge in [-0.05, 0) is 6.92 Å². The molecule has 0 N–H and O–H groups in total. The zero-order valence-electron chi connectivity index (χ0n) is 6.26. The van der Waals surface area contributed by atoms with Crippen LogP contribution in [0.15, 0.2) is 0 Å². The molecule has 0 spiro atoms. The van der Waals surface area contributed by atoms with Crippen molar-refractivity contribution in [2.45, 2.75) is 6.92 Å². The number of carbonyl (C=O) groups is 1. The van der Waals surface area contributed by atoms with Crippen molar-refractivity contribution in [2.24, 2.45) is 0 Å². The first kappa shape index (κ1) is 9.75. The average molecular weight is 210 g/mol. The van der Waals surface area contributed by atoms with E-state index in [0.717, 1.165) is 5.33 Å². The summed E-state index contributed by atoms with van der Waals surface area (Å²) in [7, 11) is 1.71. The number of carbonyl (C=O) groups excluding carboxylic acids is 1. The minimum absolute atomic E-state index is 0.262. The standard InChI is InChI=1S/C6H12BrNO2/c1-3-10-6(9)8(2)5-4-7/h3-5H2,1-2H3. The average Bonchev–Trinajstić information content (AvgIpc) is 1.89. The molecule has 0 aliphatic carbocycles. The van der Waals surface area contributed by atoms with Gasteiger partial charge in [0.15, 0.2) is 0 Å². The normalized spacial score (nSPS) is 9.10. The Labute approximate surface area is 69.5 Å². The monoisotopic (exact) mass is 209 g/mol. The summed E-state index contributed by atoms with van der Waals surface area (Å²) in [6.07, 6.45) is -0.262. The van der Waals surface area contributed by atoms with Crippen LogP contribution in [0.5, 0.6) is 0 Å². The number of alkyl halides is 1. The summed E-state index contributed by atoms with van der Waals surface area (Å²) in [5, 5.41) is 0.780. The van der Waals surface area contributed by atoms with Gasteiger partial charge in [-0.2, -0.15) is 0 Å². The first-order valence-corrected chi connectivity index (χ1v) is 4.28. The largest absolute Gasteiger partial charge is 0.450 e. The molecule has 0 saturated carbocycles. The summed E-state index contributed by atoms with van der Waals surface area (Å²) in [5.41, 5.74) is 0. The lowest BCUT2D eigenvalue weighted by atomic mass is 10.7. The second-order valence-corrected chi connectivity index (χ2v) is 2.60. The Hall–Kier alpha value is -0.250. The van der Waals surface area contributed by atoms with Crippen LogP contribution in [0.25, 0.3) is 0 Å². The molecule has 4 heteroatoms. The smallest absolute Gasteiger partial charge is 0.409 e.